The highest BCUT2D eigenvalue weighted by Gasteiger charge is 2.23. The maximum atomic E-state index is 13.6. The van der Waals surface area contributed by atoms with Gasteiger partial charge < -0.3 is 11.1 Å². The zero-order valence-electron chi connectivity index (χ0n) is 10.7. The van der Waals surface area contributed by atoms with Crippen molar-refractivity contribution in [2.45, 2.75) is 38.3 Å². The zero-order valence-corrected chi connectivity index (χ0v) is 11.4. The summed E-state index contributed by atoms with van der Waals surface area (Å²) in [6, 6.07) is 4.21. The fraction of sp³-hybridized carbons (Fsp3) is 0.500. The molecule has 3 N–H and O–H groups in total. The van der Waals surface area contributed by atoms with Crippen molar-refractivity contribution < 1.29 is 9.18 Å². The second-order valence-electron chi connectivity index (χ2n) is 5.06. The molecule has 0 unspecified atom stereocenters. The molecule has 1 amide bonds. The molecule has 5 heteroatoms. The Bertz CT molecular complexity index is 463. The van der Waals surface area contributed by atoms with Gasteiger partial charge in [-0.3, -0.25) is 4.79 Å². The van der Waals surface area contributed by atoms with Gasteiger partial charge >= 0.3 is 0 Å². The summed E-state index contributed by atoms with van der Waals surface area (Å²) in [6.07, 6.45) is 4.19. The third-order valence-electron chi connectivity index (χ3n) is 3.40. The third kappa shape index (κ3) is 4.18. The van der Waals surface area contributed by atoms with E-state index in [-0.39, 0.29) is 17.5 Å². The molecule has 1 fully saturated rings. The molecule has 0 radical (unpaired) electrons. The minimum Gasteiger partial charge on any atom is -0.351 e. The van der Waals surface area contributed by atoms with E-state index >= 15 is 0 Å². The lowest BCUT2D eigenvalue weighted by molar-refractivity contribution is -0.122. The summed E-state index contributed by atoms with van der Waals surface area (Å²) < 4.78 is 13.6. The van der Waals surface area contributed by atoms with Crippen molar-refractivity contribution in [1.29, 1.82) is 0 Å². The maximum Gasteiger partial charge on any atom is 0.237 e. The van der Waals surface area contributed by atoms with Gasteiger partial charge in [-0.05, 0) is 24.8 Å². The smallest absolute Gasteiger partial charge is 0.237 e. The van der Waals surface area contributed by atoms with Gasteiger partial charge in [-0.15, -0.1) is 0 Å². The monoisotopic (exact) mass is 284 g/mol. The molecule has 19 heavy (non-hydrogen) atoms. The van der Waals surface area contributed by atoms with Crippen molar-refractivity contribution in [3.05, 3.63) is 34.6 Å². The predicted octanol–water partition coefficient (Wildman–Crippen LogP) is 2.61. The second kappa shape index (κ2) is 6.35. The predicted molar refractivity (Wildman–Crippen MR) is 73.2 cm³/mol. The number of amides is 1. The van der Waals surface area contributed by atoms with Gasteiger partial charge in [-0.1, -0.05) is 36.6 Å². The molecule has 2 rings (SSSR count). The SMILES string of the molecule is N[C@@H](CCC1CC1)C(=O)NCc1cccc(Cl)c1F. The first-order chi connectivity index (χ1) is 9.08. The number of carbonyl (C=O) groups excluding carboxylic acids is 1. The maximum absolute atomic E-state index is 13.6. The van der Waals surface area contributed by atoms with Crippen LogP contribution in [0.1, 0.15) is 31.2 Å². The topological polar surface area (TPSA) is 55.1 Å². The first kappa shape index (κ1) is 14.3. The summed E-state index contributed by atoms with van der Waals surface area (Å²) in [7, 11) is 0. The van der Waals surface area contributed by atoms with E-state index in [0.29, 0.717) is 12.0 Å². The molecule has 0 bridgehead atoms. The summed E-state index contributed by atoms with van der Waals surface area (Å²) in [6.45, 7) is 0.113. The van der Waals surface area contributed by atoms with Crippen molar-refractivity contribution in [2.75, 3.05) is 0 Å². The van der Waals surface area contributed by atoms with Crippen molar-refractivity contribution >= 4 is 17.5 Å². The van der Waals surface area contributed by atoms with Crippen LogP contribution in [-0.2, 0) is 11.3 Å². The van der Waals surface area contributed by atoms with Crippen LogP contribution < -0.4 is 11.1 Å². The van der Waals surface area contributed by atoms with Crippen molar-refractivity contribution in [1.82, 2.24) is 5.32 Å². The molecule has 1 aromatic carbocycles. The van der Waals surface area contributed by atoms with Gasteiger partial charge in [0.2, 0.25) is 5.91 Å². The first-order valence-electron chi connectivity index (χ1n) is 6.54. The summed E-state index contributed by atoms with van der Waals surface area (Å²) in [4.78, 5) is 11.8. The molecule has 0 spiro atoms. The Morgan fingerprint density at radius 1 is 1.53 bits per heavy atom. The Morgan fingerprint density at radius 2 is 2.26 bits per heavy atom. The van der Waals surface area contributed by atoms with Crippen LogP contribution in [0.3, 0.4) is 0 Å². The van der Waals surface area contributed by atoms with Gasteiger partial charge in [0.15, 0.2) is 0 Å². The number of hydrogen-bond acceptors (Lipinski definition) is 2. The van der Waals surface area contributed by atoms with E-state index in [0.717, 1.165) is 12.3 Å². The quantitative estimate of drug-likeness (QED) is 0.844. The largest absolute Gasteiger partial charge is 0.351 e. The lowest BCUT2D eigenvalue weighted by Gasteiger charge is -2.12. The standard InChI is InChI=1S/C14H18ClFN2O/c15-11-3-1-2-10(13(11)16)8-18-14(19)12(17)7-6-9-4-5-9/h1-3,9,12H,4-8,17H2,(H,18,19)/t12-/m0/s1. The minimum absolute atomic E-state index is 0.0600. The average Bonchev–Trinajstić information content (AvgIpc) is 3.21. The second-order valence-corrected chi connectivity index (χ2v) is 5.47. The van der Waals surface area contributed by atoms with E-state index < -0.39 is 11.9 Å². The summed E-state index contributed by atoms with van der Waals surface area (Å²) >= 11 is 5.67. The lowest BCUT2D eigenvalue weighted by Crippen LogP contribution is -2.40. The number of carbonyl (C=O) groups is 1. The fourth-order valence-electron chi connectivity index (χ4n) is 1.95. The van der Waals surface area contributed by atoms with Gasteiger partial charge in [0.05, 0.1) is 11.1 Å². The molecule has 0 saturated heterocycles. The van der Waals surface area contributed by atoms with E-state index in [1.165, 1.54) is 18.9 Å². The van der Waals surface area contributed by atoms with Gasteiger partial charge in [0.25, 0.3) is 0 Å². The minimum atomic E-state index is -0.511. The van der Waals surface area contributed by atoms with Crippen molar-refractivity contribution in [2.24, 2.45) is 11.7 Å². The normalized spacial score (nSPS) is 16.2. The lowest BCUT2D eigenvalue weighted by atomic mass is 10.1. The molecule has 1 aliphatic carbocycles. The van der Waals surface area contributed by atoms with Crippen LogP contribution in [0.4, 0.5) is 4.39 Å². The molecule has 0 aliphatic heterocycles. The third-order valence-corrected chi connectivity index (χ3v) is 3.70. The van der Waals surface area contributed by atoms with Gasteiger partial charge in [-0.2, -0.15) is 0 Å². The van der Waals surface area contributed by atoms with E-state index in [1.807, 2.05) is 0 Å². The van der Waals surface area contributed by atoms with E-state index in [1.54, 1.807) is 12.1 Å². The zero-order chi connectivity index (χ0) is 13.8. The highest BCUT2D eigenvalue weighted by molar-refractivity contribution is 6.30. The molecular formula is C14H18ClFN2O. The van der Waals surface area contributed by atoms with Crippen molar-refractivity contribution in [3.8, 4) is 0 Å². The first-order valence-corrected chi connectivity index (χ1v) is 6.92. The van der Waals surface area contributed by atoms with Crippen LogP contribution in [0.25, 0.3) is 0 Å². The summed E-state index contributed by atoms with van der Waals surface area (Å²) in [5.41, 5.74) is 6.16. The molecule has 1 atom stereocenters. The molecule has 104 valence electrons. The number of hydrogen-bond donors (Lipinski definition) is 2. The molecule has 1 aliphatic rings. The number of halogens is 2. The highest BCUT2D eigenvalue weighted by atomic mass is 35.5. The summed E-state index contributed by atoms with van der Waals surface area (Å²) in [5.74, 6) is 0.0280. The van der Waals surface area contributed by atoms with E-state index in [4.69, 9.17) is 17.3 Å². The Kier molecular flexibility index (Phi) is 4.77. The number of benzene rings is 1. The Hall–Kier alpha value is -1.13. The van der Waals surface area contributed by atoms with Crippen LogP contribution >= 0.6 is 11.6 Å². The van der Waals surface area contributed by atoms with Crippen LogP contribution in [0.2, 0.25) is 5.02 Å². The Balaban J connectivity index is 1.80. The summed E-state index contributed by atoms with van der Waals surface area (Å²) in [5, 5.41) is 2.71. The van der Waals surface area contributed by atoms with Crippen LogP contribution in [0.15, 0.2) is 18.2 Å². The van der Waals surface area contributed by atoms with Crippen LogP contribution in [-0.4, -0.2) is 11.9 Å². The van der Waals surface area contributed by atoms with Crippen molar-refractivity contribution in [3.63, 3.8) is 0 Å². The van der Waals surface area contributed by atoms with Gasteiger partial charge in [0, 0.05) is 12.1 Å². The van der Waals surface area contributed by atoms with Crippen LogP contribution in [0.5, 0.6) is 0 Å². The molecule has 1 saturated carbocycles. The molecular weight excluding hydrogens is 267 g/mol. The average molecular weight is 285 g/mol. The number of nitrogens with one attached hydrogen (secondary N) is 1. The van der Waals surface area contributed by atoms with E-state index in [9.17, 15) is 9.18 Å². The van der Waals surface area contributed by atoms with E-state index in [2.05, 4.69) is 5.32 Å². The molecule has 1 aromatic rings. The van der Waals surface area contributed by atoms with Gasteiger partial charge in [0.1, 0.15) is 5.82 Å². The molecule has 0 heterocycles. The fourth-order valence-corrected chi connectivity index (χ4v) is 2.15. The van der Waals surface area contributed by atoms with Gasteiger partial charge in [-0.25, -0.2) is 4.39 Å². The molecule has 3 nitrogen and oxygen atoms in total. The van der Waals surface area contributed by atoms with Crippen LogP contribution in [0, 0.1) is 11.7 Å². The number of nitrogens with two attached hydrogens (primary N) is 1. The Labute approximate surface area is 117 Å². The highest BCUT2D eigenvalue weighted by Crippen LogP contribution is 2.33. The Morgan fingerprint density at radius 3 is 2.95 bits per heavy atom. The molecule has 0 aromatic heterocycles. The number of rotatable bonds is 6.